The number of benzene rings is 2. The van der Waals surface area contributed by atoms with Gasteiger partial charge in [0.05, 0.1) is 11.4 Å². The standard InChI is InChI=1S/C23H29N3O2/c1-4-5-6-19-7-9-20(10-8-19)25-15-16-26(23(25)27)21-11-13-22(14-12-21)28-18-17-24(2)3/h7-16H,4-6,17-18H2,1-3H3. The van der Waals surface area contributed by atoms with Gasteiger partial charge in [-0.25, -0.2) is 4.79 Å². The van der Waals surface area contributed by atoms with E-state index >= 15 is 0 Å². The molecule has 0 amide bonds. The van der Waals surface area contributed by atoms with Gasteiger partial charge >= 0.3 is 5.69 Å². The van der Waals surface area contributed by atoms with Crippen LogP contribution in [-0.2, 0) is 6.42 Å². The third-order valence-corrected chi connectivity index (χ3v) is 4.73. The van der Waals surface area contributed by atoms with Gasteiger partial charge in [-0.05, 0) is 68.9 Å². The van der Waals surface area contributed by atoms with E-state index in [1.165, 1.54) is 18.4 Å². The molecule has 0 bridgehead atoms. The normalized spacial score (nSPS) is 11.1. The highest BCUT2D eigenvalue weighted by molar-refractivity contribution is 5.39. The van der Waals surface area contributed by atoms with Crippen molar-refractivity contribution in [3.63, 3.8) is 0 Å². The molecule has 5 heteroatoms. The van der Waals surface area contributed by atoms with E-state index in [9.17, 15) is 4.79 Å². The molecular weight excluding hydrogens is 350 g/mol. The Morgan fingerprint density at radius 3 is 2.00 bits per heavy atom. The molecule has 28 heavy (non-hydrogen) atoms. The number of hydrogen-bond acceptors (Lipinski definition) is 3. The number of aromatic nitrogens is 2. The average molecular weight is 380 g/mol. The summed E-state index contributed by atoms with van der Waals surface area (Å²) in [4.78, 5) is 14.9. The summed E-state index contributed by atoms with van der Waals surface area (Å²) >= 11 is 0. The fourth-order valence-electron chi connectivity index (χ4n) is 3.02. The number of ether oxygens (including phenoxy) is 1. The SMILES string of the molecule is CCCCc1ccc(-n2ccn(-c3ccc(OCCN(C)C)cc3)c2=O)cc1. The van der Waals surface area contributed by atoms with Crippen LogP contribution in [0, 0.1) is 0 Å². The Kier molecular flexibility index (Phi) is 6.71. The molecule has 0 atom stereocenters. The monoisotopic (exact) mass is 379 g/mol. The topological polar surface area (TPSA) is 39.4 Å². The van der Waals surface area contributed by atoms with Crippen LogP contribution >= 0.6 is 0 Å². The highest BCUT2D eigenvalue weighted by atomic mass is 16.5. The molecule has 0 spiro atoms. The van der Waals surface area contributed by atoms with Crippen LogP contribution in [0.15, 0.2) is 65.7 Å². The lowest BCUT2D eigenvalue weighted by Gasteiger charge is -2.11. The summed E-state index contributed by atoms with van der Waals surface area (Å²) in [6.07, 6.45) is 7.06. The quantitative estimate of drug-likeness (QED) is 0.566. The number of likely N-dealkylation sites (N-methyl/N-ethyl adjacent to an activating group) is 1. The Morgan fingerprint density at radius 1 is 0.893 bits per heavy atom. The molecule has 1 aromatic heterocycles. The highest BCUT2D eigenvalue weighted by Gasteiger charge is 2.08. The van der Waals surface area contributed by atoms with E-state index in [-0.39, 0.29) is 5.69 Å². The van der Waals surface area contributed by atoms with Gasteiger partial charge in [0.1, 0.15) is 12.4 Å². The van der Waals surface area contributed by atoms with Crippen LogP contribution in [0.2, 0.25) is 0 Å². The van der Waals surface area contributed by atoms with Gasteiger partial charge in [0, 0.05) is 18.9 Å². The maximum Gasteiger partial charge on any atom is 0.337 e. The van der Waals surface area contributed by atoms with E-state index in [0.717, 1.165) is 30.1 Å². The Bertz CT molecular complexity index is 922. The van der Waals surface area contributed by atoms with E-state index in [2.05, 4.69) is 24.0 Å². The largest absolute Gasteiger partial charge is 0.492 e. The minimum atomic E-state index is -0.0809. The molecule has 0 aliphatic heterocycles. The fraction of sp³-hybridized carbons (Fsp3) is 0.348. The third-order valence-electron chi connectivity index (χ3n) is 4.73. The molecule has 148 valence electrons. The molecule has 5 nitrogen and oxygen atoms in total. The predicted octanol–water partition coefficient (Wildman–Crippen LogP) is 3.91. The van der Waals surface area contributed by atoms with Gasteiger partial charge in [-0.1, -0.05) is 25.5 Å². The van der Waals surface area contributed by atoms with Crippen LogP contribution in [0.25, 0.3) is 11.4 Å². The van der Waals surface area contributed by atoms with Crippen molar-refractivity contribution in [1.82, 2.24) is 14.0 Å². The van der Waals surface area contributed by atoms with Crippen LogP contribution < -0.4 is 10.4 Å². The van der Waals surface area contributed by atoms with Crippen molar-refractivity contribution >= 4 is 0 Å². The summed E-state index contributed by atoms with van der Waals surface area (Å²) in [5.41, 5.74) is 2.93. The summed E-state index contributed by atoms with van der Waals surface area (Å²) in [5, 5.41) is 0. The average Bonchev–Trinajstić information content (AvgIpc) is 3.08. The van der Waals surface area contributed by atoms with E-state index in [1.54, 1.807) is 15.3 Å². The lowest BCUT2D eigenvalue weighted by Crippen LogP contribution is -2.21. The Labute approximate surface area is 166 Å². The number of imidazole rings is 1. The lowest BCUT2D eigenvalue weighted by molar-refractivity contribution is 0.261. The second-order valence-corrected chi connectivity index (χ2v) is 7.24. The molecule has 0 fully saturated rings. The van der Waals surface area contributed by atoms with Gasteiger partial charge in [0.25, 0.3) is 0 Å². The number of unbranched alkanes of at least 4 members (excludes halogenated alkanes) is 1. The number of hydrogen-bond donors (Lipinski definition) is 0. The maximum atomic E-state index is 12.8. The number of nitrogens with zero attached hydrogens (tertiary/aromatic N) is 3. The van der Waals surface area contributed by atoms with Crippen molar-refractivity contribution < 1.29 is 4.74 Å². The molecule has 3 aromatic rings. The Balaban J connectivity index is 1.73. The van der Waals surface area contributed by atoms with Crippen molar-refractivity contribution in [3.05, 3.63) is 77.0 Å². The van der Waals surface area contributed by atoms with Crippen LogP contribution in [0.4, 0.5) is 0 Å². The van der Waals surface area contributed by atoms with E-state index in [0.29, 0.717) is 6.61 Å². The van der Waals surface area contributed by atoms with Gasteiger partial charge < -0.3 is 9.64 Å². The van der Waals surface area contributed by atoms with Crippen LogP contribution in [0.5, 0.6) is 5.75 Å². The van der Waals surface area contributed by atoms with Crippen LogP contribution in [0.3, 0.4) is 0 Å². The minimum absolute atomic E-state index is 0.0809. The molecule has 0 saturated heterocycles. The van der Waals surface area contributed by atoms with Gasteiger partial charge in [0.15, 0.2) is 0 Å². The summed E-state index contributed by atoms with van der Waals surface area (Å²) in [6, 6.07) is 15.9. The zero-order valence-corrected chi connectivity index (χ0v) is 17.0. The van der Waals surface area contributed by atoms with Crippen molar-refractivity contribution in [2.45, 2.75) is 26.2 Å². The van der Waals surface area contributed by atoms with Crippen molar-refractivity contribution in [3.8, 4) is 17.1 Å². The van der Waals surface area contributed by atoms with Crippen molar-refractivity contribution in [1.29, 1.82) is 0 Å². The zero-order chi connectivity index (χ0) is 19.9. The first-order chi connectivity index (χ1) is 13.6. The molecular formula is C23H29N3O2. The summed E-state index contributed by atoms with van der Waals surface area (Å²) in [5.74, 6) is 0.806. The van der Waals surface area contributed by atoms with Crippen LogP contribution in [-0.4, -0.2) is 41.3 Å². The molecule has 0 aliphatic carbocycles. The molecule has 0 aliphatic rings. The summed E-state index contributed by atoms with van der Waals surface area (Å²) in [6.45, 7) is 3.69. The smallest absolute Gasteiger partial charge is 0.337 e. The molecule has 0 unspecified atom stereocenters. The Hall–Kier alpha value is -2.79. The predicted molar refractivity (Wildman–Crippen MR) is 114 cm³/mol. The van der Waals surface area contributed by atoms with Gasteiger partial charge in [-0.2, -0.15) is 0 Å². The molecule has 3 rings (SSSR count). The van der Waals surface area contributed by atoms with Crippen LogP contribution in [0.1, 0.15) is 25.3 Å². The zero-order valence-electron chi connectivity index (χ0n) is 17.0. The summed E-state index contributed by atoms with van der Waals surface area (Å²) < 4.78 is 9.04. The summed E-state index contributed by atoms with van der Waals surface area (Å²) in [7, 11) is 4.03. The molecule has 0 saturated carbocycles. The molecule has 0 radical (unpaired) electrons. The van der Waals surface area contributed by atoms with E-state index in [1.807, 2.05) is 56.7 Å². The first-order valence-electron chi connectivity index (χ1n) is 9.86. The number of rotatable bonds is 9. The molecule has 1 heterocycles. The first kappa shape index (κ1) is 20.0. The molecule has 0 N–H and O–H groups in total. The molecule has 2 aromatic carbocycles. The lowest BCUT2D eigenvalue weighted by atomic mass is 10.1. The second-order valence-electron chi connectivity index (χ2n) is 7.24. The maximum absolute atomic E-state index is 12.8. The highest BCUT2D eigenvalue weighted by Crippen LogP contribution is 2.15. The van der Waals surface area contributed by atoms with E-state index in [4.69, 9.17) is 4.74 Å². The van der Waals surface area contributed by atoms with Gasteiger partial charge in [-0.3, -0.25) is 9.13 Å². The van der Waals surface area contributed by atoms with Crippen molar-refractivity contribution in [2.24, 2.45) is 0 Å². The fourth-order valence-corrected chi connectivity index (χ4v) is 3.02. The third kappa shape index (κ3) is 4.93. The van der Waals surface area contributed by atoms with E-state index < -0.39 is 0 Å². The van der Waals surface area contributed by atoms with Gasteiger partial charge in [-0.15, -0.1) is 0 Å². The van der Waals surface area contributed by atoms with Gasteiger partial charge in [0.2, 0.25) is 0 Å². The minimum Gasteiger partial charge on any atom is -0.492 e. The van der Waals surface area contributed by atoms with Crippen molar-refractivity contribution in [2.75, 3.05) is 27.2 Å². The Morgan fingerprint density at radius 2 is 1.46 bits per heavy atom. The number of aryl methyl sites for hydroxylation is 1. The first-order valence-corrected chi connectivity index (χ1v) is 9.86. The second kappa shape index (κ2) is 9.42.